The van der Waals surface area contributed by atoms with Crippen molar-refractivity contribution in [3.8, 4) is 11.5 Å². The maximum Gasteiger partial charge on any atom is 0.256 e. The number of hydrogen-bond acceptors (Lipinski definition) is 5. The summed E-state index contributed by atoms with van der Waals surface area (Å²) >= 11 is 1.50. The molecule has 0 spiro atoms. The van der Waals surface area contributed by atoms with E-state index in [0.717, 1.165) is 34.1 Å². The molecular weight excluding hydrogens is 384 g/mol. The summed E-state index contributed by atoms with van der Waals surface area (Å²) in [5.74, 6) is 1.22. The van der Waals surface area contributed by atoms with Crippen molar-refractivity contribution in [2.75, 3.05) is 5.32 Å². The Hall–Kier alpha value is -3.19. The molecule has 0 saturated carbocycles. The van der Waals surface area contributed by atoms with Gasteiger partial charge in [-0.3, -0.25) is 9.48 Å². The third kappa shape index (κ3) is 3.86. The van der Waals surface area contributed by atoms with Gasteiger partial charge >= 0.3 is 0 Å². The molecule has 0 saturated heterocycles. The molecule has 0 aliphatic rings. The van der Waals surface area contributed by atoms with Gasteiger partial charge in [-0.25, -0.2) is 4.98 Å². The SMILES string of the molecule is Cc1nn(Cc2nc(-c3ccc(NC(=O)c4ccsc4)cc3)oc2C)c(C)c1C. The van der Waals surface area contributed by atoms with Gasteiger partial charge < -0.3 is 9.73 Å². The molecule has 3 aromatic heterocycles. The summed E-state index contributed by atoms with van der Waals surface area (Å²) < 4.78 is 7.85. The minimum atomic E-state index is -0.117. The number of aromatic nitrogens is 3. The molecular formula is C22H22N4O2S. The van der Waals surface area contributed by atoms with E-state index in [-0.39, 0.29) is 5.91 Å². The Balaban J connectivity index is 1.51. The molecule has 0 aliphatic carbocycles. The smallest absolute Gasteiger partial charge is 0.256 e. The van der Waals surface area contributed by atoms with Crippen LogP contribution >= 0.6 is 11.3 Å². The number of amides is 1. The highest BCUT2D eigenvalue weighted by Gasteiger charge is 2.15. The van der Waals surface area contributed by atoms with Crippen molar-refractivity contribution in [3.63, 3.8) is 0 Å². The second-order valence-corrected chi connectivity index (χ2v) is 7.80. The van der Waals surface area contributed by atoms with E-state index >= 15 is 0 Å². The Kier molecular flexibility index (Phi) is 5.07. The molecule has 29 heavy (non-hydrogen) atoms. The topological polar surface area (TPSA) is 73.0 Å². The zero-order chi connectivity index (χ0) is 20.5. The number of rotatable bonds is 5. The summed E-state index contributed by atoms with van der Waals surface area (Å²) in [7, 11) is 0. The number of carbonyl (C=O) groups is 1. The van der Waals surface area contributed by atoms with E-state index in [9.17, 15) is 4.79 Å². The molecule has 3 heterocycles. The largest absolute Gasteiger partial charge is 0.441 e. The van der Waals surface area contributed by atoms with Gasteiger partial charge in [0.05, 0.1) is 17.8 Å². The zero-order valence-corrected chi connectivity index (χ0v) is 17.6. The van der Waals surface area contributed by atoms with Crippen LogP contribution in [-0.2, 0) is 6.54 Å². The first-order valence-corrected chi connectivity index (χ1v) is 10.3. The molecule has 1 aromatic carbocycles. The Morgan fingerprint density at radius 3 is 2.52 bits per heavy atom. The first-order valence-electron chi connectivity index (χ1n) is 9.33. The molecule has 0 atom stereocenters. The first kappa shape index (κ1) is 19.1. The maximum absolute atomic E-state index is 12.2. The van der Waals surface area contributed by atoms with Gasteiger partial charge in [0.1, 0.15) is 11.5 Å². The molecule has 148 valence electrons. The van der Waals surface area contributed by atoms with Crippen LogP contribution in [0.4, 0.5) is 5.69 Å². The lowest BCUT2D eigenvalue weighted by Crippen LogP contribution is -2.10. The van der Waals surface area contributed by atoms with E-state index in [1.807, 2.05) is 53.6 Å². The number of nitrogens with one attached hydrogen (secondary N) is 1. The highest BCUT2D eigenvalue weighted by Crippen LogP contribution is 2.25. The van der Waals surface area contributed by atoms with Crippen molar-refractivity contribution < 1.29 is 9.21 Å². The molecule has 6 nitrogen and oxygen atoms in total. The fourth-order valence-corrected chi connectivity index (χ4v) is 3.71. The normalized spacial score (nSPS) is 11.0. The van der Waals surface area contributed by atoms with E-state index in [4.69, 9.17) is 4.42 Å². The fourth-order valence-electron chi connectivity index (χ4n) is 3.07. The van der Waals surface area contributed by atoms with Crippen molar-refractivity contribution in [2.45, 2.75) is 34.2 Å². The molecule has 7 heteroatoms. The highest BCUT2D eigenvalue weighted by molar-refractivity contribution is 7.08. The third-order valence-corrected chi connectivity index (χ3v) is 5.79. The molecule has 0 radical (unpaired) electrons. The van der Waals surface area contributed by atoms with E-state index in [2.05, 4.69) is 29.2 Å². The second-order valence-electron chi connectivity index (χ2n) is 7.02. The monoisotopic (exact) mass is 406 g/mol. The second kappa shape index (κ2) is 7.67. The van der Waals surface area contributed by atoms with E-state index in [1.54, 1.807) is 6.07 Å². The number of nitrogens with zero attached hydrogens (tertiary/aromatic N) is 3. The molecule has 0 unspecified atom stereocenters. The van der Waals surface area contributed by atoms with Crippen LogP contribution in [0.2, 0.25) is 0 Å². The van der Waals surface area contributed by atoms with E-state index in [1.165, 1.54) is 16.9 Å². The van der Waals surface area contributed by atoms with Crippen LogP contribution in [0.25, 0.3) is 11.5 Å². The van der Waals surface area contributed by atoms with Gasteiger partial charge in [0, 0.05) is 22.3 Å². The Labute approximate surface area is 173 Å². The summed E-state index contributed by atoms with van der Waals surface area (Å²) in [6.45, 7) is 8.64. The van der Waals surface area contributed by atoms with Crippen LogP contribution < -0.4 is 5.32 Å². The molecule has 0 aliphatic heterocycles. The van der Waals surface area contributed by atoms with Crippen molar-refractivity contribution in [3.05, 3.63) is 75.1 Å². The summed E-state index contributed by atoms with van der Waals surface area (Å²) in [4.78, 5) is 16.8. The first-order chi connectivity index (χ1) is 13.9. The molecule has 0 bridgehead atoms. The van der Waals surface area contributed by atoms with Crippen LogP contribution in [0.1, 0.15) is 38.8 Å². The van der Waals surface area contributed by atoms with Crippen LogP contribution in [0.3, 0.4) is 0 Å². The molecule has 1 N–H and O–H groups in total. The number of thiophene rings is 1. The highest BCUT2D eigenvalue weighted by atomic mass is 32.1. The third-order valence-electron chi connectivity index (χ3n) is 5.11. The number of anilines is 1. The quantitative estimate of drug-likeness (QED) is 0.498. The summed E-state index contributed by atoms with van der Waals surface area (Å²) in [5.41, 5.74) is 6.48. The van der Waals surface area contributed by atoms with Gasteiger partial charge in [0.2, 0.25) is 5.89 Å². The zero-order valence-electron chi connectivity index (χ0n) is 16.8. The summed E-state index contributed by atoms with van der Waals surface area (Å²) in [6, 6.07) is 9.29. The van der Waals surface area contributed by atoms with Crippen molar-refractivity contribution >= 4 is 22.9 Å². The van der Waals surface area contributed by atoms with Crippen molar-refractivity contribution in [1.29, 1.82) is 0 Å². The minimum Gasteiger partial charge on any atom is -0.441 e. The lowest BCUT2D eigenvalue weighted by Gasteiger charge is -2.04. The average molecular weight is 407 g/mol. The predicted molar refractivity (Wildman–Crippen MR) is 114 cm³/mol. The number of oxazole rings is 1. The van der Waals surface area contributed by atoms with Crippen molar-refractivity contribution in [1.82, 2.24) is 14.8 Å². The maximum atomic E-state index is 12.2. The average Bonchev–Trinajstić information content (AvgIpc) is 3.42. The summed E-state index contributed by atoms with van der Waals surface area (Å²) in [5, 5.41) is 11.2. The molecule has 4 rings (SSSR count). The molecule has 4 aromatic rings. The predicted octanol–water partition coefficient (Wildman–Crippen LogP) is 5.13. The van der Waals surface area contributed by atoms with E-state index in [0.29, 0.717) is 18.0 Å². The van der Waals surface area contributed by atoms with Gasteiger partial charge in [-0.05, 0) is 69.0 Å². The summed E-state index contributed by atoms with van der Waals surface area (Å²) in [6.07, 6.45) is 0. The van der Waals surface area contributed by atoms with Gasteiger partial charge in [0.25, 0.3) is 5.91 Å². The number of aryl methyl sites for hydroxylation is 2. The Morgan fingerprint density at radius 2 is 1.90 bits per heavy atom. The van der Waals surface area contributed by atoms with Crippen LogP contribution in [-0.4, -0.2) is 20.7 Å². The van der Waals surface area contributed by atoms with Crippen LogP contribution in [0.15, 0.2) is 45.5 Å². The van der Waals surface area contributed by atoms with Crippen molar-refractivity contribution in [2.24, 2.45) is 0 Å². The minimum absolute atomic E-state index is 0.117. The Morgan fingerprint density at radius 1 is 1.14 bits per heavy atom. The van der Waals surface area contributed by atoms with Gasteiger partial charge in [-0.1, -0.05) is 0 Å². The lowest BCUT2D eigenvalue weighted by atomic mass is 10.2. The standard InChI is InChI=1S/C22H22N4O2S/c1-13-14(2)25-26(15(13)3)11-20-16(4)28-22(24-20)17-5-7-19(8-6-17)23-21(27)18-9-10-29-12-18/h5-10,12H,11H2,1-4H3,(H,23,27). The van der Waals surface area contributed by atoms with Gasteiger partial charge in [-0.2, -0.15) is 16.4 Å². The molecule has 1 amide bonds. The number of benzene rings is 1. The molecule has 0 fully saturated rings. The van der Waals surface area contributed by atoms with Gasteiger partial charge in [0.15, 0.2) is 0 Å². The fraction of sp³-hybridized carbons (Fsp3) is 0.227. The van der Waals surface area contributed by atoms with Crippen LogP contribution in [0.5, 0.6) is 0 Å². The Bertz CT molecular complexity index is 1150. The number of carbonyl (C=O) groups excluding carboxylic acids is 1. The van der Waals surface area contributed by atoms with E-state index < -0.39 is 0 Å². The van der Waals surface area contributed by atoms with Gasteiger partial charge in [-0.15, -0.1) is 0 Å². The van der Waals surface area contributed by atoms with Crippen LogP contribution in [0, 0.1) is 27.7 Å². The number of hydrogen-bond donors (Lipinski definition) is 1. The lowest BCUT2D eigenvalue weighted by molar-refractivity contribution is 0.102.